The number of fused-ring (bicyclic) bond motifs is 1. The maximum Gasteiger partial charge on any atom is 0.340 e. The highest BCUT2D eigenvalue weighted by Crippen LogP contribution is 2.37. The zero-order chi connectivity index (χ0) is 24.8. The molecular weight excluding hydrogens is 532 g/mol. The van der Waals surface area contributed by atoms with E-state index in [2.05, 4.69) is 33.0 Å². The molecule has 0 saturated carbocycles. The summed E-state index contributed by atoms with van der Waals surface area (Å²) in [6.07, 6.45) is -0.631. The maximum absolute atomic E-state index is 13.0. The molecule has 0 unspecified atom stereocenters. The second-order valence-corrected chi connectivity index (χ2v) is 10.3. The number of morpholine rings is 1. The lowest BCUT2D eigenvalue weighted by atomic mass is 10.1. The number of aliphatic hydroxyl groups excluding tert-OH is 1. The van der Waals surface area contributed by atoms with Crippen molar-refractivity contribution < 1.29 is 24.1 Å². The van der Waals surface area contributed by atoms with E-state index in [1.165, 1.54) is 0 Å². The van der Waals surface area contributed by atoms with E-state index in [4.69, 9.17) is 14.2 Å². The minimum absolute atomic E-state index is 0.153. The van der Waals surface area contributed by atoms with E-state index in [-0.39, 0.29) is 12.6 Å². The lowest BCUT2D eigenvalue weighted by Gasteiger charge is -2.28. The van der Waals surface area contributed by atoms with E-state index in [1.807, 2.05) is 48.9 Å². The molecule has 9 heteroatoms. The van der Waals surface area contributed by atoms with Crippen LogP contribution in [0, 0.1) is 0 Å². The molecule has 0 spiro atoms. The zero-order valence-corrected chi connectivity index (χ0v) is 22.4. The van der Waals surface area contributed by atoms with Gasteiger partial charge in [-0.2, -0.15) is 0 Å². The van der Waals surface area contributed by atoms with E-state index in [9.17, 15) is 9.90 Å². The Bertz CT molecular complexity index is 1150. The van der Waals surface area contributed by atoms with Crippen molar-refractivity contribution in [1.82, 2.24) is 9.47 Å². The van der Waals surface area contributed by atoms with Gasteiger partial charge in [-0.05, 0) is 47.1 Å². The highest BCUT2D eigenvalue weighted by atomic mass is 79.9. The van der Waals surface area contributed by atoms with Gasteiger partial charge >= 0.3 is 5.97 Å². The molecule has 1 aliphatic heterocycles. The van der Waals surface area contributed by atoms with Gasteiger partial charge in [0.2, 0.25) is 0 Å². The Morgan fingerprint density at radius 1 is 1.23 bits per heavy atom. The fourth-order valence-corrected chi connectivity index (χ4v) is 5.63. The van der Waals surface area contributed by atoms with Crippen molar-refractivity contribution in [3.8, 4) is 5.75 Å². The predicted molar refractivity (Wildman–Crippen MR) is 141 cm³/mol. The third-order valence-electron chi connectivity index (χ3n) is 5.98. The number of halogens is 1. The Morgan fingerprint density at radius 3 is 2.69 bits per heavy atom. The number of aryl methyl sites for hydroxylation is 1. The minimum Gasteiger partial charge on any atom is -0.490 e. The van der Waals surface area contributed by atoms with Crippen molar-refractivity contribution in [1.29, 1.82) is 0 Å². The van der Waals surface area contributed by atoms with Gasteiger partial charge < -0.3 is 23.9 Å². The van der Waals surface area contributed by atoms with Gasteiger partial charge in [-0.1, -0.05) is 18.2 Å². The Balaban J connectivity index is 1.58. The normalized spacial score (nSPS) is 15.3. The monoisotopic (exact) mass is 562 g/mol. The van der Waals surface area contributed by atoms with Gasteiger partial charge in [-0.15, -0.1) is 11.8 Å². The first kappa shape index (κ1) is 26.0. The van der Waals surface area contributed by atoms with Gasteiger partial charge in [0, 0.05) is 48.4 Å². The molecule has 2 heterocycles. The van der Waals surface area contributed by atoms with Crippen molar-refractivity contribution in [3.05, 3.63) is 58.2 Å². The van der Waals surface area contributed by atoms with Crippen molar-refractivity contribution in [2.45, 2.75) is 23.7 Å². The summed E-state index contributed by atoms with van der Waals surface area (Å²) in [6, 6.07) is 13.9. The highest BCUT2D eigenvalue weighted by molar-refractivity contribution is 9.10. The summed E-state index contributed by atoms with van der Waals surface area (Å²) in [4.78, 5) is 16.3. The first-order valence-electron chi connectivity index (χ1n) is 11.7. The molecule has 188 valence electrons. The van der Waals surface area contributed by atoms with Crippen LogP contribution >= 0.6 is 27.7 Å². The molecule has 1 aliphatic rings. The molecule has 2 aromatic carbocycles. The quantitative estimate of drug-likeness (QED) is 0.288. The molecule has 1 N–H and O–H groups in total. The molecule has 0 bridgehead atoms. The second kappa shape index (κ2) is 12.3. The number of nitrogens with zero attached hydrogens (tertiary/aromatic N) is 2. The van der Waals surface area contributed by atoms with E-state index < -0.39 is 6.10 Å². The highest BCUT2D eigenvalue weighted by Gasteiger charge is 2.24. The van der Waals surface area contributed by atoms with E-state index in [0.717, 1.165) is 39.1 Å². The number of aliphatic hydroxyl groups is 1. The number of aromatic nitrogens is 1. The molecule has 0 aliphatic carbocycles. The van der Waals surface area contributed by atoms with Crippen LogP contribution in [0.1, 0.15) is 23.0 Å². The lowest BCUT2D eigenvalue weighted by Crippen LogP contribution is -2.42. The van der Waals surface area contributed by atoms with E-state index >= 15 is 0 Å². The van der Waals surface area contributed by atoms with Crippen molar-refractivity contribution in [2.75, 3.05) is 46.1 Å². The van der Waals surface area contributed by atoms with Crippen molar-refractivity contribution in [3.63, 3.8) is 0 Å². The van der Waals surface area contributed by atoms with E-state index in [0.29, 0.717) is 43.4 Å². The average Bonchev–Trinajstić information content (AvgIpc) is 3.13. The van der Waals surface area contributed by atoms with E-state index in [1.54, 1.807) is 11.8 Å². The number of carbonyl (C=O) groups is 1. The van der Waals surface area contributed by atoms with Gasteiger partial charge in [-0.25, -0.2) is 4.79 Å². The average molecular weight is 564 g/mol. The number of carbonyl (C=O) groups excluding carboxylic acids is 1. The SMILES string of the molecule is CCOC(=O)c1c(CSc2ccccc2)n(C)c2cc(Br)c(OC[C@H](O)CN3CCOCC3)cc12. The van der Waals surface area contributed by atoms with Gasteiger partial charge in [-0.3, -0.25) is 4.90 Å². The van der Waals surface area contributed by atoms with Crippen molar-refractivity contribution in [2.24, 2.45) is 7.05 Å². The number of rotatable bonds is 10. The van der Waals surface area contributed by atoms with Crippen LogP contribution in [-0.4, -0.2) is 72.7 Å². The molecule has 1 saturated heterocycles. The lowest BCUT2D eigenvalue weighted by molar-refractivity contribution is 0.00459. The molecule has 7 nitrogen and oxygen atoms in total. The van der Waals surface area contributed by atoms with Crippen LogP contribution in [0.25, 0.3) is 10.9 Å². The number of thioether (sulfide) groups is 1. The molecule has 3 aromatic rings. The molecule has 4 rings (SSSR count). The fraction of sp³-hybridized carbons (Fsp3) is 0.423. The van der Waals surface area contributed by atoms with Crippen LogP contribution < -0.4 is 4.74 Å². The smallest absolute Gasteiger partial charge is 0.340 e. The summed E-state index contributed by atoms with van der Waals surface area (Å²) in [6.45, 7) is 5.78. The van der Waals surface area contributed by atoms with Crippen LogP contribution in [0.4, 0.5) is 0 Å². The first-order valence-corrected chi connectivity index (χ1v) is 13.5. The Kier molecular flexibility index (Phi) is 9.13. The summed E-state index contributed by atoms with van der Waals surface area (Å²) >= 11 is 5.28. The van der Waals surface area contributed by atoms with Crippen LogP contribution in [-0.2, 0) is 22.3 Å². The van der Waals surface area contributed by atoms with Gasteiger partial charge in [0.15, 0.2) is 0 Å². The molecule has 1 atom stereocenters. The largest absolute Gasteiger partial charge is 0.490 e. The Morgan fingerprint density at radius 2 is 1.97 bits per heavy atom. The molecule has 0 amide bonds. The summed E-state index contributed by atoms with van der Waals surface area (Å²) in [7, 11) is 1.96. The Hall–Kier alpha value is -2.04. The van der Waals surface area contributed by atoms with Gasteiger partial charge in [0.05, 0.1) is 35.4 Å². The summed E-state index contributed by atoms with van der Waals surface area (Å²) in [5.41, 5.74) is 2.35. The second-order valence-electron chi connectivity index (χ2n) is 8.38. The number of esters is 1. The first-order chi connectivity index (χ1) is 17.0. The van der Waals surface area contributed by atoms with Crippen LogP contribution in [0.15, 0.2) is 51.8 Å². The summed E-state index contributed by atoms with van der Waals surface area (Å²) in [5, 5.41) is 11.3. The number of benzene rings is 2. The van der Waals surface area contributed by atoms with Crippen LogP contribution in [0.2, 0.25) is 0 Å². The van der Waals surface area contributed by atoms with Crippen molar-refractivity contribution >= 4 is 44.6 Å². The topological polar surface area (TPSA) is 73.2 Å². The molecule has 0 radical (unpaired) electrons. The molecular formula is C26H31BrN2O5S. The maximum atomic E-state index is 13.0. The molecule has 35 heavy (non-hydrogen) atoms. The molecule has 1 fully saturated rings. The number of hydrogen-bond donors (Lipinski definition) is 1. The third-order valence-corrected chi connectivity index (χ3v) is 7.62. The predicted octanol–water partition coefficient (Wildman–Crippen LogP) is 4.48. The summed E-state index contributed by atoms with van der Waals surface area (Å²) in [5.74, 6) is 0.856. The number of hydrogen-bond acceptors (Lipinski definition) is 7. The number of ether oxygens (including phenoxy) is 3. The van der Waals surface area contributed by atoms with Gasteiger partial charge in [0.25, 0.3) is 0 Å². The van der Waals surface area contributed by atoms with Gasteiger partial charge in [0.1, 0.15) is 18.5 Å². The Labute approximate surface area is 218 Å². The zero-order valence-electron chi connectivity index (χ0n) is 20.0. The third kappa shape index (κ3) is 6.40. The molecule has 1 aromatic heterocycles. The van der Waals surface area contributed by atoms with Crippen LogP contribution in [0.3, 0.4) is 0 Å². The fourth-order valence-electron chi connectivity index (χ4n) is 4.19. The standard InChI is InChI=1S/C26H31BrN2O5S/c1-3-33-26(31)25-20-13-24(34-16-18(30)15-29-9-11-32-12-10-29)21(27)14-22(20)28(2)23(25)17-35-19-7-5-4-6-8-19/h4-8,13-14,18,30H,3,9-12,15-17H2,1-2H3/t18-/m1/s1. The van der Waals surface area contributed by atoms with Crippen LogP contribution in [0.5, 0.6) is 5.75 Å². The summed E-state index contributed by atoms with van der Waals surface area (Å²) < 4.78 is 19.6. The minimum atomic E-state index is -0.631. The number of β-amino-alcohol motifs (C(OH)–C–C–N with tert-alkyl or cyclic N) is 1.